The third kappa shape index (κ3) is 5.23. The molecule has 3 aromatic rings. The summed E-state index contributed by atoms with van der Waals surface area (Å²) in [6.07, 6.45) is 0. The lowest BCUT2D eigenvalue weighted by molar-refractivity contribution is -0.126. The van der Waals surface area contributed by atoms with Crippen LogP contribution in [0.25, 0.3) is 10.2 Å². The summed E-state index contributed by atoms with van der Waals surface area (Å²) in [4.78, 5) is 16.1. The Morgan fingerprint density at radius 3 is 2.76 bits per heavy atom. The van der Waals surface area contributed by atoms with Gasteiger partial charge in [0.2, 0.25) is 5.91 Å². The van der Waals surface area contributed by atoms with Crippen LogP contribution in [0.4, 0.5) is 4.39 Å². The summed E-state index contributed by atoms with van der Waals surface area (Å²) in [5.41, 5.74) is 0.938. The second kappa shape index (κ2) is 8.55. The molecule has 1 amide bonds. The van der Waals surface area contributed by atoms with Crippen LogP contribution in [-0.2, 0) is 16.1 Å². The standard InChI is InChI=1S/C18H17FN2O3S/c19-13-5-7-14(8-6-13)24-10-9-20-17(22)11-23-12-18-21-15-3-1-2-4-16(15)25-18/h1-8H,9-12H2,(H,20,22). The monoisotopic (exact) mass is 360 g/mol. The Bertz CT molecular complexity index is 803. The van der Waals surface area contributed by atoms with Crippen molar-refractivity contribution in [3.63, 3.8) is 0 Å². The second-order valence-electron chi connectivity index (χ2n) is 5.22. The number of hydrogen-bond donors (Lipinski definition) is 1. The number of fused-ring (bicyclic) bond motifs is 1. The van der Waals surface area contributed by atoms with Crippen LogP contribution < -0.4 is 10.1 Å². The van der Waals surface area contributed by atoms with Crippen molar-refractivity contribution in [1.29, 1.82) is 0 Å². The number of rotatable bonds is 8. The highest BCUT2D eigenvalue weighted by molar-refractivity contribution is 7.18. The van der Waals surface area contributed by atoms with Crippen LogP contribution in [0, 0.1) is 5.82 Å². The van der Waals surface area contributed by atoms with Gasteiger partial charge < -0.3 is 14.8 Å². The maximum Gasteiger partial charge on any atom is 0.246 e. The molecule has 1 heterocycles. The first-order chi connectivity index (χ1) is 12.2. The molecule has 130 valence electrons. The number of carbonyl (C=O) groups is 1. The lowest BCUT2D eigenvalue weighted by atomic mass is 10.3. The molecule has 2 aromatic carbocycles. The Kier molecular flexibility index (Phi) is 5.92. The molecule has 0 spiro atoms. The van der Waals surface area contributed by atoms with Gasteiger partial charge in [0.05, 0.1) is 23.4 Å². The van der Waals surface area contributed by atoms with Crippen LogP contribution in [0.3, 0.4) is 0 Å². The Balaban J connectivity index is 1.32. The molecule has 3 rings (SSSR count). The van der Waals surface area contributed by atoms with Crippen LogP contribution in [0.2, 0.25) is 0 Å². The van der Waals surface area contributed by atoms with Gasteiger partial charge in [0.1, 0.15) is 29.8 Å². The Hall–Kier alpha value is -2.51. The third-order valence-corrected chi connectivity index (χ3v) is 4.31. The zero-order chi connectivity index (χ0) is 17.5. The molecule has 0 fully saturated rings. The lowest BCUT2D eigenvalue weighted by Gasteiger charge is -2.07. The van der Waals surface area contributed by atoms with E-state index in [9.17, 15) is 9.18 Å². The van der Waals surface area contributed by atoms with E-state index in [2.05, 4.69) is 10.3 Å². The van der Waals surface area contributed by atoms with E-state index >= 15 is 0 Å². The smallest absolute Gasteiger partial charge is 0.246 e. The molecule has 1 N–H and O–H groups in total. The number of nitrogens with one attached hydrogen (secondary N) is 1. The first kappa shape index (κ1) is 17.3. The molecule has 0 radical (unpaired) electrons. The summed E-state index contributed by atoms with van der Waals surface area (Å²) in [6.45, 7) is 0.918. The van der Waals surface area contributed by atoms with Gasteiger partial charge >= 0.3 is 0 Å². The summed E-state index contributed by atoms with van der Waals surface area (Å²) < 4.78 is 24.6. The van der Waals surface area contributed by atoms with Crippen molar-refractivity contribution in [2.24, 2.45) is 0 Å². The molecular formula is C18H17FN2O3S. The van der Waals surface area contributed by atoms with Crippen LogP contribution in [0.15, 0.2) is 48.5 Å². The summed E-state index contributed by atoms with van der Waals surface area (Å²) in [6, 6.07) is 13.6. The fourth-order valence-electron chi connectivity index (χ4n) is 2.15. The number of nitrogens with zero attached hydrogens (tertiary/aromatic N) is 1. The lowest BCUT2D eigenvalue weighted by Crippen LogP contribution is -2.31. The van der Waals surface area contributed by atoms with Gasteiger partial charge in [-0.3, -0.25) is 4.79 Å². The molecule has 5 nitrogen and oxygen atoms in total. The Morgan fingerprint density at radius 1 is 1.16 bits per heavy atom. The molecule has 25 heavy (non-hydrogen) atoms. The number of benzene rings is 2. The van der Waals surface area contributed by atoms with E-state index in [0.29, 0.717) is 25.5 Å². The average molecular weight is 360 g/mol. The quantitative estimate of drug-likeness (QED) is 0.627. The SMILES string of the molecule is O=C(COCc1nc2ccccc2s1)NCCOc1ccc(F)cc1. The molecule has 7 heteroatoms. The number of aromatic nitrogens is 1. The minimum Gasteiger partial charge on any atom is -0.492 e. The van der Waals surface area contributed by atoms with E-state index in [1.807, 2.05) is 24.3 Å². The van der Waals surface area contributed by atoms with Gasteiger partial charge in [-0.25, -0.2) is 9.37 Å². The predicted molar refractivity (Wildman–Crippen MR) is 94.2 cm³/mol. The molecule has 0 aliphatic heterocycles. The first-order valence-corrected chi connectivity index (χ1v) is 8.59. The molecule has 0 aliphatic carbocycles. The maximum atomic E-state index is 12.8. The first-order valence-electron chi connectivity index (χ1n) is 7.78. The molecule has 0 aliphatic rings. The van der Waals surface area contributed by atoms with Gasteiger partial charge in [0.25, 0.3) is 0 Å². The number of amides is 1. The molecule has 0 saturated carbocycles. The zero-order valence-electron chi connectivity index (χ0n) is 13.4. The van der Waals surface area contributed by atoms with Gasteiger partial charge in [-0.2, -0.15) is 0 Å². The van der Waals surface area contributed by atoms with Crippen LogP contribution in [-0.4, -0.2) is 30.6 Å². The summed E-state index contributed by atoms with van der Waals surface area (Å²) in [7, 11) is 0. The highest BCUT2D eigenvalue weighted by atomic mass is 32.1. The van der Waals surface area contributed by atoms with Gasteiger partial charge in [-0.15, -0.1) is 11.3 Å². The summed E-state index contributed by atoms with van der Waals surface area (Å²) in [5.74, 6) is 0.0254. The van der Waals surface area contributed by atoms with Gasteiger partial charge in [0.15, 0.2) is 0 Å². The van der Waals surface area contributed by atoms with Crippen molar-refractivity contribution >= 4 is 27.5 Å². The van der Waals surface area contributed by atoms with Crippen molar-refractivity contribution < 1.29 is 18.7 Å². The van der Waals surface area contributed by atoms with Crippen molar-refractivity contribution in [3.05, 3.63) is 59.4 Å². The number of ether oxygens (including phenoxy) is 2. The van der Waals surface area contributed by atoms with Crippen LogP contribution in [0.1, 0.15) is 5.01 Å². The second-order valence-corrected chi connectivity index (χ2v) is 6.34. The number of halogens is 1. The van der Waals surface area contributed by atoms with E-state index in [4.69, 9.17) is 9.47 Å². The number of carbonyl (C=O) groups excluding carboxylic acids is 1. The molecule has 0 atom stereocenters. The van der Waals surface area contributed by atoms with E-state index in [-0.39, 0.29) is 18.3 Å². The number of para-hydroxylation sites is 1. The highest BCUT2D eigenvalue weighted by Crippen LogP contribution is 2.21. The zero-order valence-corrected chi connectivity index (χ0v) is 14.2. The summed E-state index contributed by atoms with van der Waals surface area (Å²) >= 11 is 1.55. The normalized spacial score (nSPS) is 10.8. The summed E-state index contributed by atoms with van der Waals surface area (Å²) in [5, 5.41) is 3.54. The fraction of sp³-hybridized carbons (Fsp3) is 0.222. The Morgan fingerprint density at radius 2 is 1.96 bits per heavy atom. The van der Waals surface area contributed by atoms with E-state index in [1.54, 1.807) is 11.3 Å². The average Bonchev–Trinajstić information content (AvgIpc) is 3.03. The van der Waals surface area contributed by atoms with Crippen molar-refractivity contribution in [3.8, 4) is 5.75 Å². The minimum absolute atomic E-state index is 0.0352. The minimum atomic E-state index is -0.314. The Labute approximate surface area is 148 Å². The van der Waals surface area contributed by atoms with Gasteiger partial charge in [-0.05, 0) is 36.4 Å². The van der Waals surface area contributed by atoms with Crippen molar-refractivity contribution in [2.75, 3.05) is 19.8 Å². The molecule has 0 saturated heterocycles. The van der Waals surface area contributed by atoms with E-state index in [0.717, 1.165) is 15.2 Å². The molecule has 0 unspecified atom stereocenters. The topological polar surface area (TPSA) is 60.5 Å². The molecule has 0 bridgehead atoms. The van der Waals surface area contributed by atoms with Gasteiger partial charge in [-0.1, -0.05) is 12.1 Å². The molecular weight excluding hydrogens is 343 g/mol. The number of hydrogen-bond acceptors (Lipinski definition) is 5. The number of thiazole rings is 1. The van der Waals surface area contributed by atoms with Gasteiger partial charge in [0, 0.05) is 0 Å². The maximum absolute atomic E-state index is 12.8. The van der Waals surface area contributed by atoms with Crippen LogP contribution in [0.5, 0.6) is 5.75 Å². The predicted octanol–water partition coefficient (Wildman–Crippen LogP) is 3.15. The largest absolute Gasteiger partial charge is 0.492 e. The van der Waals surface area contributed by atoms with Crippen LogP contribution >= 0.6 is 11.3 Å². The molecule has 1 aromatic heterocycles. The van der Waals surface area contributed by atoms with E-state index < -0.39 is 0 Å². The third-order valence-electron chi connectivity index (χ3n) is 3.30. The van der Waals surface area contributed by atoms with Crippen molar-refractivity contribution in [2.45, 2.75) is 6.61 Å². The van der Waals surface area contributed by atoms with Crippen molar-refractivity contribution in [1.82, 2.24) is 10.3 Å². The fourth-order valence-corrected chi connectivity index (χ4v) is 3.06. The van der Waals surface area contributed by atoms with E-state index in [1.165, 1.54) is 24.3 Å². The highest BCUT2D eigenvalue weighted by Gasteiger charge is 2.05.